The van der Waals surface area contributed by atoms with Crippen LogP contribution < -0.4 is 5.32 Å². The van der Waals surface area contributed by atoms with E-state index >= 15 is 0 Å². The van der Waals surface area contributed by atoms with Crippen LogP contribution in [0.1, 0.15) is 24.2 Å². The number of aryl methyl sites for hydroxylation is 1. The summed E-state index contributed by atoms with van der Waals surface area (Å²) in [6.45, 7) is 11.8. The van der Waals surface area contributed by atoms with E-state index in [4.69, 9.17) is 0 Å². The van der Waals surface area contributed by atoms with E-state index in [-0.39, 0.29) is 5.91 Å². The summed E-state index contributed by atoms with van der Waals surface area (Å²) < 4.78 is 1.84. The van der Waals surface area contributed by atoms with E-state index in [9.17, 15) is 4.79 Å². The highest BCUT2D eigenvalue weighted by Gasteiger charge is 2.18. The summed E-state index contributed by atoms with van der Waals surface area (Å²) in [7, 11) is 1.89. The summed E-state index contributed by atoms with van der Waals surface area (Å²) in [6.07, 6.45) is 3.33. The van der Waals surface area contributed by atoms with Gasteiger partial charge in [-0.15, -0.1) is 0 Å². The number of fused-ring (bicyclic) bond motifs is 1. The van der Waals surface area contributed by atoms with Gasteiger partial charge in [0, 0.05) is 52.5 Å². The molecule has 1 fully saturated rings. The van der Waals surface area contributed by atoms with Crippen molar-refractivity contribution < 1.29 is 4.79 Å². The van der Waals surface area contributed by atoms with Crippen LogP contribution in [0.3, 0.4) is 0 Å². The number of nitrogens with zero attached hydrogens (tertiary/aromatic N) is 5. The predicted octanol–water partition coefficient (Wildman–Crippen LogP) is 0.972. The number of imidazole rings is 1. The third kappa shape index (κ3) is 4.35. The van der Waals surface area contributed by atoms with Crippen molar-refractivity contribution in [3.05, 3.63) is 24.2 Å². The zero-order valence-corrected chi connectivity index (χ0v) is 15.4. The third-order valence-corrected chi connectivity index (χ3v) is 4.91. The molecule has 2 aromatic heterocycles. The van der Waals surface area contributed by atoms with Crippen molar-refractivity contribution in [2.75, 3.05) is 45.8 Å². The van der Waals surface area contributed by atoms with Crippen LogP contribution in [0.15, 0.2) is 18.6 Å². The Bertz CT molecular complexity index is 719. The van der Waals surface area contributed by atoms with Gasteiger partial charge in [-0.2, -0.15) is 0 Å². The standard InChI is InChI=1S/C18H28N6O/c1-4-23-5-7-24(8-6-23)12-14(2)10-20-18(25)15-9-16-17(19-11-15)22(3)13-21-16/h9,11,13-14H,4-8,10,12H2,1-3H3,(H,20,25). The number of nitrogens with one attached hydrogen (secondary N) is 1. The largest absolute Gasteiger partial charge is 0.352 e. The van der Waals surface area contributed by atoms with E-state index < -0.39 is 0 Å². The second-order valence-corrected chi connectivity index (χ2v) is 6.97. The van der Waals surface area contributed by atoms with Gasteiger partial charge in [0.1, 0.15) is 5.52 Å². The van der Waals surface area contributed by atoms with Gasteiger partial charge < -0.3 is 19.7 Å². The Kier molecular flexibility index (Phi) is 5.65. The number of pyridine rings is 1. The Labute approximate surface area is 149 Å². The van der Waals surface area contributed by atoms with Crippen molar-refractivity contribution in [2.45, 2.75) is 13.8 Å². The SMILES string of the molecule is CCN1CCN(CC(C)CNC(=O)c2cnc3c(c2)ncn3C)CC1. The quantitative estimate of drug-likeness (QED) is 0.846. The smallest absolute Gasteiger partial charge is 0.252 e. The van der Waals surface area contributed by atoms with E-state index in [2.05, 4.69) is 38.9 Å². The van der Waals surface area contributed by atoms with Gasteiger partial charge in [-0.05, 0) is 18.5 Å². The number of hydrogen-bond acceptors (Lipinski definition) is 5. The van der Waals surface area contributed by atoms with E-state index in [0.717, 1.165) is 50.4 Å². The van der Waals surface area contributed by atoms with Gasteiger partial charge in [-0.3, -0.25) is 4.79 Å². The van der Waals surface area contributed by atoms with Crippen LogP contribution in [0.4, 0.5) is 0 Å². The zero-order valence-electron chi connectivity index (χ0n) is 15.4. The highest BCUT2D eigenvalue weighted by molar-refractivity contribution is 5.96. The van der Waals surface area contributed by atoms with Crippen molar-refractivity contribution in [1.82, 2.24) is 29.7 Å². The van der Waals surface area contributed by atoms with Crippen molar-refractivity contribution in [3.8, 4) is 0 Å². The molecule has 0 spiro atoms. The molecule has 3 rings (SSSR count). The molecule has 0 bridgehead atoms. The van der Waals surface area contributed by atoms with Crippen LogP contribution in [0, 0.1) is 5.92 Å². The van der Waals surface area contributed by atoms with Crippen LogP contribution in [-0.4, -0.2) is 76.1 Å². The van der Waals surface area contributed by atoms with E-state index in [1.54, 1.807) is 18.6 Å². The van der Waals surface area contributed by atoms with Crippen LogP contribution in [0.5, 0.6) is 0 Å². The molecule has 25 heavy (non-hydrogen) atoms. The molecule has 7 nitrogen and oxygen atoms in total. The maximum absolute atomic E-state index is 12.4. The molecule has 0 aromatic carbocycles. The molecule has 0 radical (unpaired) electrons. The summed E-state index contributed by atoms with van der Waals surface area (Å²) in [6, 6.07) is 1.80. The number of piperazine rings is 1. The maximum Gasteiger partial charge on any atom is 0.252 e. The molecule has 1 saturated heterocycles. The number of aromatic nitrogens is 3. The summed E-state index contributed by atoms with van der Waals surface area (Å²) in [4.78, 5) is 25.9. The van der Waals surface area contributed by atoms with E-state index in [1.807, 2.05) is 11.6 Å². The maximum atomic E-state index is 12.4. The first-order chi connectivity index (χ1) is 12.1. The average molecular weight is 344 g/mol. The normalized spacial score (nSPS) is 17.7. The molecule has 3 heterocycles. The molecular weight excluding hydrogens is 316 g/mol. The van der Waals surface area contributed by atoms with Crippen molar-refractivity contribution in [3.63, 3.8) is 0 Å². The molecular formula is C18H28N6O. The Morgan fingerprint density at radius 1 is 1.24 bits per heavy atom. The second kappa shape index (κ2) is 7.93. The Balaban J connectivity index is 1.47. The van der Waals surface area contributed by atoms with E-state index in [1.165, 1.54) is 0 Å². The first kappa shape index (κ1) is 17.8. The van der Waals surface area contributed by atoms with Gasteiger partial charge >= 0.3 is 0 Å². The minimum absolute atomic E-state index is 0.0808. The fourth-order valence-electron chi connectivity index (χ4n) is 3.30. The lowest BCUT2D eigenvalue weighted by atomic mass is 10.1. The zero-order chi connectivity index (χ0) is 17.8. The summed E-state index contributed by atoms with van der Waals surface area (Å²) in [5, 5.41) is 3.03. The second-order valence-electron chi connectivity index (χ2n) is 6.97. The van der Waals surface area contributed by atoms with Gasteiger partial charge in [0.15, 0.2) is 5.65 Å². The number of carbonyl (C=O) groups is 1. The summed E-state index contributed by atoms with van der Waals surface area (Å²) in [5.41, 5.74) is 2.10. The molecule has 1 amide bonds. The van der Waals surface area contributed by atoms with Gasteiger partial charge in [0.2, 0.25) is 0 Å². The van der Waals surface area contributed by atoms with Crippen molar-refractivity contribution in [2.24, 2.45) is 13.0 Å². The Hall–Kier alpha value is -1.99. The van der Waals surface area contributed by atoms with Gasteiger partial charge in [0.05, 0.1) is 11.9 Å². The van der Waals surface area contributed by atoms with Crippen LogP contribution in [0.25, 0.3) is 11.2 Å². The van der Waals surface area contributed by atoms with Crippen molar-refractivity contribution in [1.29, 1.82) is 0 Å². The average Bonchev–Trinajstić information content (AvgIpc) is 3.01. The van der Waals surface area contributed by atoms with Crippen molar-refractivity contribution >= 4 is 17.1 Å². The topological polar surface area (TPSA) is 66.3 Å². The monoisotopic (exact) mass is 344 g/mol. The number of rotatable bonds is 6. The molecule has 0 saturated carbocycles. The molecule has 1 unspecified atom stereocenters. The van der Waals surface area contributed by atoms with Crippen LogP contribution in [0.2, 0.25) is 0 Å². The lowest BCUT2D eigenvalue weighted by Gasteiger charge is -2.35. The molecule has 7 heteroatoms. The number of amides is 1. The van der Waals surface area contributed by atoms with Gasteiger partial charge in [-0.25, -0.2) is 9.97 Å². The molecule has 1 aliphatic rings. The van der Waals surface area contributed by atoms with Gasteiger partial charge in [0.25, 0.3) is 5.91 Å². The molecule has 136 valence electrons. The predicted molar refractivity (Wildman–Crippen MR) is 98.6 cm³/mol. The van der Waals surface area contributed by atoms with Crippen LogP contribution in [-0.2, 0) is 7.05 Å². The first-order valence-corrected chi connectivity index (χ1v) is 9.06. The fraction of sp³-hybridized carbons (Fsp3) is 0.611. The molecule has 1 N–H and O–H groups in total. The molecule has 0 aliphatic carbocycles. The molecule has 2 aromatic rings. The number of hydrogen-bond donors (Lipinski definition) is 1. The minimum Gasteiger partial charge on any atom is -0.352 e. The highest BCUT2D eigenvalue weighted by Crippen LogP contribution is 2.11. The first-order valence-electron chi connectivity index (χ1n) is 9.06. The summed E-state index contributed by atoms with van der Waals surface area (Å²) >= 11 is 0. The summed E-state index contributed by atoms with van der Waals surface area (Å²) in [5.74, 6) is 0.339. The van der Waals surface area contributed by atoms with Crippen LogP contribution >= 0.6 is 0 Å². The van der Waals surface area contributed by atoms with Gasteiger partial charge in [-0.1, -0.05) is 13.8 Å². The molecule has 1 aliphatic heterocycles. The Morgan fingerprint density at radius 2 is 1.96 bits per heavy atom. The lowest BCUT2D eigenvalue weighted by molar-refractivity contribution is 0.0933. The van der Waals surface area contributed by atoms with E-state index in [0.29, 0.717) is 18.0 Å². The fourth-order valence-corrected chi connectivity index (χ4v) is 3.30. The number of carbonyl (C=O) groups excluding carboxylic acids is 1. The number of likely N-dealkylation sites (N-methyl/N-ethyl adjacent to an activating group) is 1. The minimum atomic E-state index is -0.0808. The highest BCUT2D eigenvalue weighted by atomic mass is 16.1. The Morgan fingerprint density at radius 3 is 2.68 bits per heavy atom. The lowest BCUT2D eigenvalue weighted by Crippen LogP contribution is -2.48. The third-order valence-electron chi connectivity index (χ3n) is 4.91. The molecule has 1 atom stereocenters.